The van der Waals surface area contributed by atoms with Crippen molar-refractivity contribution in [2.45, 2.75) is 25.2 Å². The molecular formula is C23H21ClN2O4. The average molecular weight is 425 g/mol. The second-order valence-corrected chi connectivity index (χ2v) is 7.91. The number of hydrogen-bond donors (Lipinski definition) is 2. The molecule has 2 aromatic carbocycles. The Morgan fingerprint density at radius 2 is 1.87 bits per heavy atom. The van der Waals surface area contributed by atoms with E-state index in [1.165, 1.54) is 7.11 Å². The smallest absolute Gasteiger partial charge is 0.232 e. The number of nitrogens with one attached hydrogen (secondary N) is 2. The fraction of sp³-hybridized carbons (Fsp3) is 0.261. The zero-order chi connectivity index (χ0) is 21.3. The van der Waals surface area contributed by atoms with E-state index in [2.05, 4.69) is 10.6 Å². The zero-order valence-electron chi connectivity index (χ0n) is 16.4. The summed E-state index contributed by atoms with van der Waals surface area (Å²) in [4.78, 5) is 38.4. The van der Waals surface area contributed by atoms with Crippen molar-refractivity contribution in [1.82, 2.24) is 5.32 Å². The van der Waals surface area contributed by atoms with Crippen molar-refractivity contribution in [3.63, 3.8) is 0 Å². The predicted molar refractivity (Wildman–Crippen MR) is 113 cm³/mol. The lowest BCUT2D eigenvalue weighted by Gasteiger charge is -2.33. The number of benzene rings is 2. The van der Waals surface area contributed by atoms with Gasteiger partial charge in [0.2, 0.25) is 11.8 Å². The second kappa shape index (κ2) is 8.32. The van der Waals surface area contributed by atoms with Crippen LogP contribution in [0, 0.1) is 5.92 Å². The van der Waals surface area contributed by atoms with Crippen LogP contribution in [0.15, 0.2) is 59.8 Å². The number of rotatable bonds is 4. The molecule has 154 valence electrons. The van der Waals surface area contributed by atoms with E-state index in [9.17, 15) is 14.4 Å². The number of Topliss-reactive ketones (excluding diaryl/α,β-unsaturated/α-hetero) is 1. The maximum Gasteiger partial charge on any atom is 0.232 e. The number of allylic oxidation sites excluding steroid dienone is 1. The van der Waals surface area contributed by atoms with Crippen molar-refractivity contribution < 1.29 is 19.1 Å². The molecule has 1 aliphatic heterocycles. The van der Waals surface area contributed by atoms with Crippen LogP contribution >= 0.6 is 11.6 Å². The summed E-state index contributed by atoms with van der Waals surface area (Å²) in [7, 11) is 1.49. The Balaban J connectivity index is 1.63. The summed E-state index contributed by atoms with van der Waals surface area (Å²) in [5.41, 5.74) is 2.39. The molecule has 0 saturated carbocycles. The van der Waals surface area contributed by atoms with Crippen molar-refractivity contribution in [2.75, 3.05) is 12.4 Å². The molecule has 2 aliphatic rings. The van der Waals surface area contributed by atoms with Crippen molar-refractivity contribution in [3.05, 3.63) is 70.4 Å². The molecule has 2 aromatic rings. The second-order valence-electron chi connectivity index (χ2n) is 7.47. The molecule has 7 heteroatoms. The summed E-state index contributed by atoms with van der Waals surface area (Å²) in [6.07, 6.45) is 0.749. The number of ether oxygens (including phenoxy) is 1. The Morgan fingerprint density at radius 3 is 2.60 bits per heavy atom. The highest BCUT2D eigenvalue weighted by Crippen LogP contribution is 2.39. The van der Waals surface area contributed by atoms with Crippen LogP contribution in [0.1, 0.15) is 30.7 Å². The maximum atomic E-state index is 13.1. The fourth-order valence-electron chi connectivity index (χ4n) is 4.14. The van der Waals surface area contributed by atoms with Crippen LogP contribution in [0.25, 0.3) is 0 Å². The van der Waals surface area contributed by atoms with Gasteiger partial charge in [-0.25, -0.2) is 0 Å². The monoisotopic (exact) mass is 424 g/mol. The highest BCUT2D eigenvalue weighted by Gasteiger charge is 2.40. The van der Waals surface area contributed by atoms with E-state index < -0.39 is 11.8 Å². The van der Waals surface area contributed by atoms with Gasteiger partial charge in [0.15, 0.2) is 5.78 Å². The number of carbonyl (C=O) groups excluding carboxylic acids is 3. The first kappa shape index (κ1) is 20.2. The number of amides is 2. The molecule has 2 N–H and O–H groups in total. The minimum absolute atomic E-state index is 0.0208. The third-order valence-electron chi connectivity index (χ3n) is 5.54. The van der Waals surface area contributed by atoms with E-state index >= 15 is 0 Å². The largest absolute Gasteiger partial charge is 0.495 e. The minimum atomic E-state index is -0.846. The Labute approximate surface area is 179 Å². The number of carbonyl (C=O) groups is 3. The van der Waals surface area contributed by atoms with E-state index in [-0.39, 0.29) is 24.0 Å². The van der Waals surface area contributed by atoms with Gasteiger partial charge >= 0.3 is 0 Å². The molecule has 2 amide bonds. The summed E-state index contributed by atoms with van der Waals surface area (Å²) in [5, 5.41) is 6.03. The lowest BCUT2D eigenvalue weighted by atomic mass is 9.75. The van der Waals surface area contributed by atoms with Crippen LogP contribution < -0.4 is 15.4 Å². The van der Waals surface area contributed by atoms with Gasteiger partial charge in [0.1, 0.15) is 5.75 Å². The summed E-state index contributed by atoms with van der Waals surface area (Å²) >= 11 is 6.04. The SMILES string of the molecule is COc1ccc(Cl)cc1NC(=O)[C@@H]1CC(=O)NC2=C1C(=O)C[C@H](c1ccccc1)C2. The van der Waals surface area contributed by atoms with Gasteiger partial charge in [-0.2, -0.15) is 0 Å². The van der Waals surface area contributed by atoms with Crippen LogP contribution in [0.5, 0.6) is 5.75 Å². The average Bonchev–Trinajstić information content (AvgIpc) is 2.73. The Hall–Kier alpha value is -3.12. The van der Waals surface area contributed by atoms with Crippen LogP contribution in [0.2, 0.25) is 5.02 Å². The predicted octanol–water partition coefficient (Wildman–Crippen LogP) is 3.82. The van der Waals surface area contributed by atoms with Crippen molar-refractivity contribution in [2.24, 2.45) is 5.92 Å². The van der Waals surface area contributed by atoms with Gasteiger partial charge in [0, 0.05) is 29.1 Å². The quantitative estimate of drug-likeness (QED) is 0.781. The van der Waals surface area contributed by atoms with E-state index in [1.54, 1.807) is 18.2 Å². The first-order valence-electron chi connectivity index (χ1n) is 9.71. The zero-order valence-corrected chi connectivity index (χ0v) is 17.2. The van der Waals surface area contributed by atoms with E-state index in [1.807, 2.05) is 30.3 Å². The molecule has 1 aliphatic carbocycles. The van der Waals surface area contributed by atoms with Crippen LogP contribution in [-0.2, 0) is 14.4 Å². The van der Waals surface area contributed by atoms with Gasteiger partial charge in [-0.05, 0) is 36.1 Å². The number of halogens is 1. The summed E-state index contributed by atoms with van der Waals surface area (Å²) in [6.45, 7) is 0. The van der Waals surface area contributed by atoms with Gasteiger partial charge in [-0.15, -0.1) is 0 Å². The Kier molecular flexibility index (Phi) is 5.59. The number of ketones is 1. The molecule has 2 atom stereocenters. The van der Waals surface area contributed by atoms with Gasteiger partial charge in [0.25, 0.3) is 0 Å². The number of methoxy groups -OCH3 is 1. The van der Waals surface area contributed by atoms with Gasteiger partial charge in [-0.1, -0.05) is 41.9 Å². The maximum absolute atomic E-state index is 13.1. The topological polar surface area (TPSA) is 84.5 Å². The number of hydrogen-bond acceptors (Lipinski definition) is 4. The van der Waals surface area contributed by atoms with E-state index in [4.69, 9.17) is 16.3 Å². The van der Waals surface area contributed by atoms with E-state index in [0.29, 0.717) is 40.6 Å². The first-order chi connectivity index (χ1) is 14.5. The van der Waals surface area contributed by atoms with Crippen molar-refractivity contribution in [3.8, 4) is 5.75 Å². The molecule has 4 rings (SSSR count). The minimum Gasteiger partial charge on any atom is -0.495 e. The molecule has 1 heterocycles. The van der Waals surface area contributed by atoms with Crippen LogP contribution in [0.4, 0.5) is 5.69 Å². The molecule has 0 fully saturated rings. The number of anilines is 1. The summed E-state index contributed by atoms with van der Waals surface area (Å²) < 4.78 is 5.27. The summed E-state index contributed by atoms with van der Waals surface area (Å²) in [6, 6.07) is 14.6. The molecule has 6 nitrogen and oxygen atoms in total. The van der Waals surface area contributed by atoms with Gasteiger partial charge in [0.05, 0.1) is 18.7 Å². The Morgan fingerprint density at radius 1 is 1.10 bits per heavy atom. The van der Waals surface area contributed by atoms with Gasteiger partial charge < -0.3 is 15.4 Å². The van der Waals surface area contributed by atoms with Crippen molar-refractivity contribution in [1.29, 1.82) is 0 Å². The van der Waals surface area contributed by atoms with Crippen LogP contribution in [-0.4, -0.2) is 24.7 Å². The third-order valence-corrected chi connectivity index (χ3v) is 5.78. The standard InChI is InChI=1S/C23H21ClN2O4/c1-30-20-8-7-15(24)11-17(20)26-23(29)16-12-21(28)25-18-9-14(10-19(27)22(16)18)13-5-3-2-4-6-13/h2-8,11,14,16H,9-10,12H2,1H3,(H,25,28)(H,26,29)/t14-,16-/m1/s1. The molecular weight excluding hydrogens is 404 g/mol. The lowest BCUT2D eigenvalue weighted by molar-refractivity contribution is -0.129. The fourth-order valence-corrected chi connectivity index (χ4v) is 4.31. The van der Waals surface area contributed by atoms with Crippen molar-refractivity contribution >= 4 is 34.9 Å². The van der Waals surface area contributed by atoms with Crippen LogP contribution in [0.3, 0.4) is 0 Å². The molecule has 0 radical (unpaired) electrons. The van der Waals surface area contributed by atoms with E-state index in [0.717, 1.165) is 5.56 Å². The highest BCUT2D eigenvalue weighted by atomic mass is 35.5. The molecule has 0 bridgehead atoms. The molecule has 0 unspecified atom stereocenters. The normalized spacial score (nSPS) is 21.0. The highest BCUT2D eigenvalue weighted by molar-refractivity contribution is 6.31. The Bertz CT molecular complexity index is 1050. The third kappa shape index (κ3) is 3.96. The van der Waals surface area contributed by atoms with Gasteiger partial charge in [-0.3, -0.25) is 14.4 Å². The summed E-state index contributed by atoms with van der Waals surface area (Å²) in [5.74, 6) is -1.23. The lowest BCUT2D eigenvalue weighted by Crippen LogP contribution is -2.43. The molecule has 30 heavy (non-hydrogen) atoms. The molecule has 0 aromatic heterocycles. The first-order valence-corrected chi connectivity index (χ1v) is 10.1. The molecule has 0 saturated heterocycles. The molecule has 0 spiro atoms.